The summed E-state index contributed by atoms with van der Waals surface area (Å²) in [5.41, 5.74) is 1.73. The summed E-state index contributed by atoms with van der Waals surface area (Å²) < 4.78 is 14.8. The molecule has 4 nitrogen and oxygen atoms in total. The van der Waals surface area contributed by atoms with Gasteiger partial charge in [0.2, 0.25) is 0 Å². The second-order valence-corrected chi connectivity index (χ2v) is 5.32. The highest BCUT2D eigenvalue weighted by molar-refractivity contribution is 5.94. The third kappa shape index (κ3) is 2.91. The maximum absolute atomic E-state index is 12.9. The molecule has 0 N–H and O–H groups in total. The third-order valence-corrected chi connectivity index (χ3v) is 3.84. The van der Waals surface area contributed by atoms with Crippen LogP contribution in [-0.2, 0) is 7.05 Å². The van der Waals surface area contributed by atoms with Crippen LogP contribution in [0.25, 0.3) is 0 Å². The van der Waals surface area contributed by atoms with E-state index >= 15 is 0 Å². The van der Waals surface area contributed by atoms with Gasteiger partial charge in [-0.3, -0.25) is 4.79 Å². The van der Waals surface area contributed by atoms with E-state index in [1.54, 1.807) is 12.1 Å². The van der Waals surface area contributed by atoms with Gasteiger partial charge < -0.3 is 14.4 Å². The number of nitrogens with zero attached hydrogens (tertiary/aromatic N) is 3. The molecular formula is C16H18FN3O. The molecule has 0 atom stereocenters. The van der Waals surface area contributed by atoms with Crippen LogP contribution in [0.15, 0.2) is 42.7 Å². The van der Waals surface area contributed by atoms with E-state index in [-0.39, 0.29) is 11.7 Å². The smallest absolute Gasteiger partial charge is 0.255 e. The van der Waals surface area contributed by atoms with E-state index in [0.29, 0.717) is 13.1 Å². The van der Waals surface area contributed by atoms with Crippen LogP contribution in [0.4, 0.5) is 10.1 Å². The predicted octanol–water partition coefficient (Wildman–Crippen LogP) is 2.13. The fourth-order valence-electron chi connectivity index (χ4n) is 2.63. The molecule has 1 saturated heterocycles. The molecule has 0 aliphatic carbocycles. The Labute approximate surface area is 123 Å². The molecule has 1 aliphatic heterocycles. The van der Waals surface area contributed by atoms with Crippen molar-refractivity contribution < 1.29 is 9.18 Å². The zero-order valence-corrected chi connectivity index (χ0v) is 12.0. The van der Waals surface area contributed by atoms with Gasteiger partial charge in [0.25, 0.3) is 5.91 Å². The van der Waals surface area contributed by atoms with Crippen molar-refractivity contribution in [3.8, 4) is 0 Å². The summed E-state index contributed by atoms with van der Waals surface area (Å²) in [7, 11) is 1.91. The molecule has 1 fully saturated rings. The first kappa shape index (κ1) is 13.7. The summed E-state index contributed by atoms with van der Waals surface area (Å²) in [6.45, 7) is 2.91. The van der Waals surface area contributed by atoms with Crippen LogP contribution in [0, 0.1) is 5.82 Å². The molecule has 5 heteroatoms. The van der Waals surface area contributed by atoms with E-state index in [4.69, 9.17) is 0 Å². The zero-order chi connectivity index (χ0) is 14.8. The second-order valence-electron chi connectivity index (χ2n) is 5.32. The van der Waals surface area contributed by atoms with E-state index in [2.05, 4.69) is 4.90 Å². The van der Waals surface area contributed by atoms with Crippen molar-refractivity contribution in [2.24, 2.45) is 7.05 Å². The molecule has 1 amide bonds. The molecule has 1 aromatic heterocycles. The molecule has 110 valence electrons. The standard InChI is InChI=1S/C16H18FN3O/c1-18-7-6-13(12-18)16(21)20-10-8-19(9-11-20)15-4-2-14(17)3-5-15/h2-7,12H,8-11H2,1H3. The predicted molar refractivity (Wildman–Crippen MR) is 79.9 cm³/mol. The van der Waals surface area contributed by atoms with E-state index in [1.807, 2.05) is 35.0 Å². The van der Waals surface area contributed by atoms with Crippen molar-refractivity contribution in [1.82, 2.24) is 9.47 Å². The van der Waals surface area contributed by atoms with E-state index in [1.165, 1.54) is 12.1 Å². The van der Waals surface area contributed by atoms with Crippen LogP contribution < -0.4 is 4.90 Å². The lowest BCUT2D eigenvalue weighted by atomic mass is 10.2. The van der Waals surface area contributed by atoms with Crippen molar-refractivity contribution in [2.45, 2.75) is 0 Å². The van der Waals surface area contributed by atoms with Crippen LogP contribution in [0.2, 0.25) is 0 Å². The third-order valence-electron chi connectivity index (χ3n) is 3.84. The number of hydrogen-bond acceptors (Lipinski definition) is 2. The van der Waals surface area contributed by atoms with Gasteiger partial charge in [-0.2, -0.15) is 0 Å². The highest BCUT2D eigenvalue weighted by Gasteiger charge is 2.22. The summed E-state index contributed by atoms with van der Waals surface area (Å²) in [5.74, 6) is -0.147. The Morgan fingerprint density at radius 2 is 1.71 bits per heavy atom. The number of carbonyl (C=O) groups is 1. The van der Waals surface area contributed by atoms with Crippen molar-refractivity contribution in [1.29, 1.82) is 0 Å². The minimum absolute atomic E-state index is 0.0781. The van der Waals surface area contributed by atoms with Gasteiger partial charge in [-0.05, 0) is 30.3 Å². The molecule has 0 spiro atoms. The number of benzene rings is 1. The Morgan fingerprint density at radius 1 is 1.05 bits per heavy atom. The van der Waals surface area contributed by atoms with Crippen molar-refractivity contribution in [3.63, 3.8) is 0 Å². The van der Waals surface area contributed by atoms with Crippen molar-refractivity contribution in [2.75, 3.05) is 31.1 Å². The lowest BCUT2D eigenvalue weighted by molar-refractivity contribution is 0.0747. The van der Waals surface area contributed by atoms with Gasteiger partial charge in [-0.25, -0.2) is 4.39 Å². The fourth-order valence-corrected chi connectivity index (χ4v) is 2.63. The number of halogens is 1. The number of rotatable bonds is 2. The highest BCUT2D eigenvalue weighted by Crippen LogP contribution is 2.18. The Balaban J connectivity index is 1.62. The molecule has 1 aromatic carbocycles. The summed E-state index contributed by atoms with van der Waals surface area (Å²) >= 11 is 0. The van der Waals surface area contributed by atoms with Gasteiger partial charge in [0.1, 0.15) is 5.82 Å². The largest absolute Gasteiger partial charge is 0.368 e. The number of amides is 1. The lowest BCUT2D eigenvalue weighted by Gasteiger charge is -2.36. The molecule has 21 heavy (non-hydrogen) atoms. The first-order chi connectivity index (χ1) is 10.1. The van der Waals surface area contributed by atoms with Gasteiger partial charge >= 0.3 is 0 Å². The molecule has 1 aliphatic rings. The summed E-state index contributed by atoms with van der Waals surface area (Å²) in [4.78, 5) is 16.4. The number of aromatic nitrogens is 1. The summed E-state index contributed by atoms with van der Waals surface area (Å²) in [5, 5.41) is 0. The second kappa shape index (κ2) is 5.60. The molecule has 2 aromatic rings. The minimum atomic E-state index is -0.225. The molecular weight excluding hydrogens is 269 g/mol. The average Bonchev–Trinajstić information content (AvgIpc) is 2.94. The molecule has 0 saturated carbocycles. The molecule has 0 bridgehead atoms. The van der Waals surface area contributed by atoms with Crippen molar-refractivity contribution in [3.05, 3.63) is 54.1 Å². The summed E-state index contributed by atoms with van der Waals surface area (Å²) in [6, 6.07) is 8.34. The van der Waals surface area contributed by atoms with Gasteiger partial charge in [-0.1, -0.05) is 0 Å². The SMILES string of the molecule is Cn1ccc(C(=O)N2CCN(c3ccc(F)cc3)CC2)c1. The Hall–Kier alpha value is -2.30. The number of hydrogen-bond donors (Lipinski definition) is 0. The first-order valence-electron chi connectivity index (χ1n) is 7.05. The van der Waals surface area contributed by atoms with Crippen LogP contribution in [0.1, 0.15) is 10.4 Å². The Bertz CT molecular complexity index is 627. The van der Waals surface area contributed by atoms with Gasteiger partial charge in [-0.15, -0.1) is 0 Å². The molecule has 0 unspecified atom stereocenters. The van der Waals surface area contributed by atoms with E-state index in [9.17, 15) is 9.18 Å². The molecule has 0 radical (unpaired) electrons. The van der Waals surface area contributed by atoms with Crippen LogP contribution in [0.5, 0.6) is 0 Å². The quantitative estimate of drug-likeness (QED) is 0.846. The molecule has 3 rings (SSSR count). The lowest BCUT2D eigenvalue weighted by Crippen LogP contribution is -2.48. The number of aryl methyl sites for hydroxylation is 1. The number of piperazine rings is 1. The Morgan fingerprint density at radius 3 is 2.29 bits per heavy atom. The van der Waals surface area contributed by atoms with Gasteiger partial charge in [0.05, 0.1) is 5.56 Å². The maximum atomic E-state index is 12.9. The zero-order valence-electron chi connectivity index (χ0n) is 12.0. The van der Waals surface area contributed by atoms with E-state index in [0.717, 1.165) is 24.3 Å². The number of carbonyl (C=O) groups excluding carboxylic acids is 1. The minimum Gasteiger partial charge on any atom is -0.368 e. The van der Waals surface area contributed by atoms with E-state index < -0.39 is 0 Å². The fraction of sp³-hybridized carbons (Fsp3) is 0.312. The van der Waals surface area contributed by atoms with Crippen LogP contribution in [0.3, 0.4) is 0 Å². The van der Waals surface area contributed by atoms with Crippen molar-refractivity contribution >= 4 is 11.6 Å². The monoisotopic (exact) mass is 287 g/mol. The highest BCUT2D eigenvalue weighted by atomic mass is 19.1. The van der Waals surface area contributed by atoms with Crippen LogP contribution in [-0.4, -0.2) is 41.6 Å². The van der Waals surface area contributed by atoms with Gasteiger partial charge in [0.15, 0.2) is 0 Å². The normalized spacial score (nSPS) is 15.3. The summed E-state index contributed by atoms with van der Waals surface area (Å²) in [6.07, 6.45) is 3.72. The van der Waals surface area contributed by atoms with Crippen LogP contribution >= 0.6 is 0 Å². The number of anilines is 1. The first-order valence-corrected chi connectivity index (χ1v) is 7.05. The van der Waals surface area contributed by atoms with Gasteiger partial charge in [0, 0.05) is 51.3 Å². The Kier molecular flexibility index (Phi) is 3.64. The maximum Gasteiger partial charge on any atom is 0.255 e. The topological polar surface area (TPSA) is 28.5 Å². The molecule has 2 heterocycles. The average molecular weight is 287 g/mol.